The summed E-state index contributed by atoms with van der Waals surface area (Å²) >= 11 is 0. The molecule has 0 aliphatic rings. The van der Waals surface area contributed by atoms with Crippen molar-refractivity contribution < 1.29 is 34.1 Å². The van der Waals surface area contributed by atoms with Crippen molar-refractivity contribution in [1.82, 2.24) is 0 Å². The van der Waals surface area contributed by atoms with Crippen molar-refractivity contribution in [1.29, 1.82) is 0 Å². The van der Waals surface area contributed by atoms with Crippen LogP contribution < -0.4 is 0 Å². The highest BCUT2D eigenvalue weighted by atomic mass is 17.3. The average molecular weight is 238 g/mol. The van der Waals surface area contributed by atoms with Crippen LogP contribution in [0.3, 0.4) is 0 Å². The van der Waals surface area contributed by atoms with E-state index in [9.17, 15) is 4.79 Å². The molecule has 0 heterocycles. The quantitative estimate of drug-likeness (QED) is 0.241. The average Bonchev–Trinajstić information content (AvgIpc) is 2.18. The number of aldehydes is 1. The Labute approximate surface area is 94.3 Å². The second kappa shape index (κ2) is 8.57. The van der Waals surface area contributed by atoms with E-state index in [0.29, 0.717) is 6.29 Å². The number of rotatable bonds is 10. The molecule has 0 aromatic heterocycles. The monoisotopic (exact) mass is 238 g/mol. The molecule has 96 valence electrons. The molecule has 0 aromatic carbocycles. The third-order valence-electron chi connectivity index (χ3n) is 1.71. The van der Waals surface area contributed by atoms with Gasteiger partial charge >= 0.3 is 0 Å². The molecule has 0 aliphatic heterocycles. The van der Waals surface area contributed by atoms with E-state index in [2.05, 4.69) is 14.7 Å². The Balaban J connectivity index is 4.35. The van der Waals surface area contributed by atoms with Crippen molar-refractivity contribution in [2.24, 2.45) is 0 Å². The van der Waals surface area contributed by atoms with Gasteiger partial charge in [0.05, 0.1) is 21.3 Å². The van der Waals surface area contributed by atoms with Crippen LogP contribution in [0.5, 0.6) is 0 Å². The van der Waals surface area contributed by atoms with Crippen molar-refractivity contribution in [3.8, 4) is 0 Å². The number of hydrogen-bond donors (Lipinski definition) is 0. The van der Waals surface area contributed by atoms with Gasteiger partial charge < -0.3 is 4.79 Å². The first-order valence-corrected chi connectivity index (χ1v) is 4.68. The lowest BCUT2D eigenvalue weighted by atomic mass is 10.1. The van der Waals surface area contributed by atoms with Crippen LogP contribution >= 0.6 is 0 Å². The van der Waals surface area contributed by atoms with Crippen molar-refractivity contribution in [2.45, 2.75) is 31.7 Å². The lowest BCUT2D eigenvalue weighted by Gasteiger charge is -2.27. The Hall–Kier alpha value is -0.570. The van der Waals surface area contributed by atoms with E-state index in [-0.39, 0.29) is 12.8 Å². The molecular formula is C9H18O7. The molecule has 0 spiro atoms. The smallest absolute Gasteiger partial charge is 0.233 e. The van der Waals surface area contributed by atoms with Crippen LogP contribution in [0.25, 0.3) is 0 Å². The van der Waals surface area contributed by atoms with E-state index in [4.69, 9.17) is 14.7 Å². The standard InChI is InChI=1S/C9H18O7/c1-9(15-12-3,16-13-4)7-8(5-6-10)14-11-2/h6,8H,5,7H2,1-4H3. The molecule has 16 heavy (non-hydrogen) atoms. The van der Waals surface area contributed by atoms with E-state index in [1.165, 1.54) is 21.3 Å². The van der Waals surface area contributed by atoms with Gasteiger partial charge in [0, 0.05) is 12.8 Å². The summed E-state index contributed by atoms with van der Waals surface area (Å²) in [6.07, 6.45) is 0.534. The lowest BCUT2D eigenvalue weighted by molar-refractivity contribution is -0.501. The topological polar surface area (TPSA) is 72.5 Å². The summed E-state index contributed by atoms with van der Waals surface area (Å²) in [6.45, 7) is 1.58. The predicted molar refractivity (Wildman–Crippen MR) is 51.8 cm³/mol. The lowest BCUT2D eigenvalue weighted by Crippen LogP contribution is -2.37. The minimum Gasteiger partial charge on any atom is -0.303 e. The highest BCUT2D eigenvalue weighted by Crippen LogP contribution is 2.22. The molecule has 0 bridgehead atoms. The maximum Gasteiger partial charge on any atom is 0.233 e. The number of carbonyl (C=O) groups is 1. The normalized spacial score (nSPS) is 13.8. The third-order valence-corrected chi connectivity index (χ3v) is 1.71. The minimum absolute atomic E-state index is 0.142. The molecule has 0 aromatic rings. The first-order chi connectivity index (χ1) is 7.61. The van der Waals surface area contributed by atoms with E-state index < -0.39 is 11.9 Å². The zero-order valence-corrected chi connectivity index (χ0v) is 9.93. The van der Waals surface area contributed by atoms with Crippen LogP contribution in [-0.4, -0.2) is 39.5 Å². The van der Waals surface area contributed by atoms with E-state index in [1.54, 1.807) is 6.92 Å². The fraction of sp³-hybridized carbons (Fsp3) is 0.889. The summed E-state index contributed by atoms with van der Waals surface area (Å²) in [6, 6.07) is 0. The maximum atomic E-state index is 10.4. The van der Waals surface area contributed by atoms with Gasteiger partial charge in [-0.05, 0) is 6.92 Å². The highest BCUT2D eigenvalue weighted by Gasteiger charge is 2.33. The molecule has 0 fully saturated rings. The molecule has 0 saturated heterocycles. The van der Waals surface area contributed by atoms with Crippen LogP contribution in [0, 0.1) is 0 Å². The van der Waals surface area contributed by atoms with Crippen LogP contribution in [0.1, 0.15) is 19.8 Å². The van der Waals surface area contributed by atoms with Gasteiger partial charge in [0.2, 0.25) is 5.79 Å². The molecule has 1 atom stereocenters. The van der Waals surface area contributed by atoms with Crippen LogP contribution in [-0.2, 0) is 34.1 Å². The highest BCUT2D eigenvalue weighted by molar-refractivity contribution is 5.50. The molecule has 0 rings (SSSR count). The van der Waals surface area contributed by atoms with Crippen LogP contribution in [0.2, 0.25) is 0 Å². The Morgan fingerprint density at radius 2 is 1.69 bits per heavy atom. The third kappa shape index (κ3) is 6.11. The zero-order valence-electron chi connectivity index (χ0n) is 9.93. The van der Waals surface area contributed by atoms with Crippen molar-refractivity contribution in [2.75, 3.05) is 21.3 Å². The number of hydrogen-bond acceptors (Lipinski definition) is 7. The Bertz CT molecular complexity index is 179. The first kappa shape index (κ1) is 15.4. The molecule has 7 nitrogen and oxygen atoms in total. The summed E-state index contributed by atoms with van der Waals surface area (Å²) in [5.74, 6) is -1.18. The summed E-state index contributed by atoms with van der Waals surface area (Å²) in [7, 11) is 4.02. The minimum atomic E-state index is -1.18. The molecule has 0 aliphatic carbocycles. The second-order valence-electron chi connectivity index (χ2n) is 3.13. The van der Waals surface area contributed by atoms with Crippen LogP contribution in [0.4, 0.5) is 0 Å². The van der Waals surface area contributed by atoms with Crippen molar-refractivity contribution >= 4 is 6.29 Å². The van der Waals surface area contributed by atoms with E-state index in [0.717, 1.165) is 0 Å². The van der Waals surface area contributed by atoms with Gasteiger partial charge in [0.25, 0.3) is 0 Å². The zero-order chi connectivity index (χ0) is 12.4. The van der Waals surface area contributed by atoms with Crippen molar-refractivity contribution in [3.05, 3.63) is 0 Å². The molecule has 7 heteroatoms. The van der Waals surface area contributed by atoms with Gasteiger partial charge in [-0.1, -0.05) is 0 Å². The summed E-state index contributed by atoms with van der Waals surface area (Å²) in [5, 5.41) is 0. The molecule has 0 saturated carbocycles. The van der Waals surface area contributed by atoms with Gasteiger partial charge in [-0.25, -0.2) is 19.6 Å². The maximum absolute atomic E-state index is 10.4. The number of carbonyl (C=O) groups excluding carboxylic acids is 1. The fourth-order valence-electron chi connectivity index (χ4n) is 1.25. The molecule has 0 amide bonds. The predicted octanol–water partition coefficient (Wildman–Crippen LogP) is 0.784. The van der Waals surface area contributed by atoms with Gasteiger partial charge in [-0.15, -0.1) is 0 Å². The van der Waals surface area contributed by atoms with E-state index in [1.807, 2.05) is 0 Å². The molecule has 0 N–H and O–H groups in total. The van der Waals surface area contributed by atoms with Gasteiger partial charge in [-0.2, -0.15) is 9.78 Å². The Kier molecular flexibility index (Phi) is 8.26. The van der Waals surface area contributed by atoms with Crippen LogP contribution in [0.15, 0.2) is 0 Å². The molecular weight excluding hydrogens is 220 g/mol. The van der Waals surface area contributed by atoms with Gasteiger partial charge in [0.1, 0.15) is 12.4 Å². The van der Waals surface area contributed by atoms with Gasteiger partial charge in [0.15, 0.2) is 0 Å². The first-order valence-electron chi connectivity index (χ1n) is 4.68. The summed E-state index contributed by atoms with van der Waals surface area (Å²) in [5.41, 5.74) is 0. The summed E-state index contributed by atoms with van der Waals surface area (Å²) in [4.78, 5) is 38.6. The van der Waals surface area contributed by atoms with Gasteiger partial charge in [-0.3, -0.25) is 0 Å². The largest absolute Gasteiger partial charge is 0.303 e. The van der Waals surface area contributed by atoms with E-state index >= 15 is 0 Å². The summed E-state index contributed by atoms with van der Waals surface area (Å²) < 4.78 is 0. The Morgan fingerprint density at radius 3 is 2.06 bits per heavy atom. The molecule has 0 radical (unpaired) electrons. The second-order valence-corrected chi connectivity index (χ2v) is 3.13. The Morgan fingerprint density at radius 1 is 1.12 bits per heavy atom. The fourth-order valence-corrected chi connectivity index (χ4v) is 1.25. The SMILES string of the molecule is COOC(CC=O)CC(C)(OOC)OOC. The molecule has 1 unspecified atom stereocenters. The van der Waals surface area contributed by atoms with Crippen molar-refractivity contribution in [3.63, 3.8) is 0 Å².